The van der Waals surface area contributed by atoms with Crippen molar-refractivity contribution >= 4 is 0 Å². The van der Waals surface area contributed by atoms with Crippen molar-refractivity contribution in [1.29, 1.82) is 0 Å². The lowest BCUT2D eigenvalue weighted by Crippen LogP contribution is -2.34. The third-order valence-corrected chi connectivity index (χ3v) is 6.04. The van der Waals surface area contributed by atoms with Crippen LogP contribution in [-0.4, -0.2) is 30.7 Å². The average molecular weight is 268 g/mol. The Balaban J connectivity index is 1.47. The molecule has 1 saturated heterocycles. The molecule has 6 atom stereocenters. The van der Waals surface area contributed by atoms with Crippen LogP contribution < -0.4 is 0 Å². The Morgan fingerprint density at radius 2 is 1.84 bits per heavy atom. The first-order valence-electron chi connectivity index (χ1n) is 8.08. The number of aliphatic hydroxyl groups excluding tert-OH is 1. The van der Waals surface area contributed by atoms with Crippen molar-refractivity contribution in [2.24, 2.45) is 29.6 Å². The van der Waals surface area contributed by atoms with E-state index in [1.54, 1.807) is 0 Å². The largest absolute Gasteiger partial charge is 0.393 e. The number of fused-ring (bicyclic) bond motifs is 2. The van der Waals surface area contributed by atoms with Crippen molar-refractivity contribution in [2.45, 2.75) is 58.3 Å². The van der Waals surface area contributed by atoms with Crippen LogP contribution in [0.15, 0.2) is 0 Å². The Morgan fingerprint density at radius 1 is 1.11 bits per heavy atom. The van der Waals surface area contributed by atoms with E-state index in [2.05, 4.69) is 13.8 Å². The van der Waals surface area contributed by atoms with Gasteiger partial charge in [0, 0.05) is 6.42 Å². The van der Waals surface area contributed by atoms with Crippen molar-refractivity contribution in [1.82, 2.24) is 0 Å². The molecule has 19 heavy (non-hydrogen) atoms. The summed E-state index contributed by atoms with van der Waals surface area (Å²) in [5.74, 6) is 3.80. The highest BCUT2D eigenvalue weighted by atomic mass is 16.7. The fourth-order valence-corrected chi connectivity index (χ4v) is 4.66. The summed E-state index contributed by atoms with van der Waals surface area (Å²) in [7, 11) is 0. The second kappa shape index (κ2) is 5.71. The first-order valence-corrected chi connectivity index (χ1v) is 8.08. The van der Waals surface area contributed by atoms with Crippen LogP contribution in [0, 0.1) is 29.6 Å². The molecule has 2 aliphatic carbocycles. The van der Waals surface area contributed by atoms with Crippen LogP contribution in [0.4, 0.5) is 0 Å². The van der Waals surface area contributed by atoms with Crippen LogP contribution in [0.25, 0.3) is 0 Å². The Hall–Kier alpha value is -0.120. The molecule has 0 aromatic rings. The molecule has 3 aliphatic rings. The molecule has 3 heteroatoms. The third kappa shape index (κ3) is 2.70. The molecular weight excluding hydrogens is 240 g/mol. The molecule has 0 spiro atoms. The van der Waals surface area contributed by atoms with E-state index < -0.39 is 0 Å². The molecule has 2 bridgehead atoms. The summed E-state index contributed by atoms with van der Waals surface area (Å²) < 4.78 is 11.1. The van der Waals surface area contributed by atoms with Crippen molar-refractivity contribution in [3.8, 4) is 0 Å². The van der Waals surface area contributed by atoms with Gasteiger partial charge < -0.3 is 14.6 Å². The molecule has 2 saturated carbocycles. The molecule has 110 valence electrons. The normalized spacial score (nSPS) is 44.7. The van der Waals surface area contributed by atoms with E-state index in [0.717, 1.165) is 56.1 Å². The fraction of sp³-hybridized carbons (Fsp3) is 1.00. The molecule has 1 aliphatic heterocycles. The van der Waals surface area contributed by atoms with Gasteiger partial charge in [0.25, 0.3) is 0 Å². The Kier molecular flexibility index (Phi) is 4.16. The van der Waals surface area contributed by atoms with Gasteiger partial charge in [0.1, 0.15) is 0 Å². The zero-order valence-corrected chi connectivity index (χ0v) is 12.3. The van der Waals surface area contributed by atoms with E-state index in [1.807, 2.05) is 0 Å². The van der Waals surface area contributed by atoms with Gasteiger partial charge in [0.05, 0.1) is 19.3 Å². The molecule has 6 unspecified atom stereocenters. The van der Waals surface area contributed by atoms with Crippen LogP contribution in [0.2, 0.25) is 0 Å². The van der Waals surface area contributed by atoms with Crippen molar-refractivity contribution in [2.75, 3.05) is 13.2 Å². The Morgan fingerprint density at radius 3 is 2.47 bits per heavy atom. The van der Waals surface area contributed by atoms with Crippen LogP contribution in [-0.2, 0) is 9.47 Å². The maximum atomic E-state index is 10.5. The van der Waals surface area contributed by atoms with E-state index in [1.165, 1.54) is 12.8 Å². The van der Waals surface area contributed by atoms with Crippen molar-refractivity contribution < 1.29 is 14.6 Å². The standard InChI is InChI=1S/C16H28O3/c1-10-11(2)13-8-12(10)9-14(13)15(17)4-5-16-18-6-3-7-19-16/h10-17H,3-9H2,1-2H3. The highest BCUT2D eigenvalue weighted by Crippen LogP contribution is 2.56. The van der Waals surface area contributed by atoms with E-state index in [9.17, 15) is 5.11 Å². The monoisotopic (exact) mass is 268 g/mol. The predicted molar refractivity (Wildman–Crippen MR) is 73.6 cm³/mol. The van der Waals surface area contributed by atoms with Crippen LogP contribution in [0.1, 0.15) is 46.0 Å². The molecule has 0 aromatic heterocycles. The summed E-state index contributed by atoms with van der Waals surface area (Å²) in [5.41, 5.74) is 0. The number of hydrogen-bond donors (Lipinski definition) is 1. The summed E-state index contributed by atoms with van der Waals surface area (Å²) in [5, 5.41) is 10.5. The summed E-state index contributed by atoms with van der Waals surface area (Å²) in [6.07, 6.45) is 5.04. The van der Waals surface area contributed by atoms with Gasteiger partial charge >= 0.3 is 0 Å². The molecule has 0 amide bonds. The SMILES string of the molecule is CC1C2CC(C(O)CCC3OCCCO3)C(C2)C1C. The van der Waals surface area contributed by atoms with Crippen LogP contribution >= 0.6 is 0 Å². The average Bonchev–Trinajstić information content (AvgIpc) is 2.98. The van der Waals surface area contributed by atoms with Gasteiger partial charge in [-0.05, 0) is 55.3 Å². The Labute approximate surface area is 116 Å². The molecule has 0 aromatic carbocycles. The molecule has 3 nitrogen and oxygen atoms in total. The summed E-state index contributed by atoms with van der Waals surface area (Å²) in [4.78, 5) is 0. The summed E-state index contributed by atoms with van der Waals surface area (Å²) in [6.45, 7) is 6.39. The van der Waals surface area contributed by atoms with Gasteiger partial charge in [0.2, 0.25) is 0 Å². The zero-order chi connectivity index (χ0) is 13.4. The minimum atomic E-state index is -0.154. The summed E-state index contributed by atoms with van der Waals surface area (Å²) >= 11 is 0. The van der Waals surface area contributed by atoms with Crippen molar-refractivity contribution in [3.63, 3.8) is 0 Å². The second-order valence-electron chi connectivity index (χ2n) is 6.95. The first kappa shape index (κ1) is 13.8. The molecule has 1 heterocycles. The molecule has 3 rings (SSSR count). The Bertz CT molecular complexity index is 298. The molecule has 1 N–H and O–H groups in total. The van der Waals surface area contributed by atoms with Crippen molar-refractivity contribution in [3.05, 3.63) is 0 Å². The lowest BCUT2D eigenvalue weighted by molar-refractivity contribution is -0.184. The lowest BCUT2D eigenvalue weighted by Gasteiger charge is -2.35. The number of rotatable bonds is 4. The van der Waals surface area contributed by atoms with E-state index in [0.29, 0.717) is 5.92 Å². The predicted octanol–water partition coefficient (Wildman–Crippen LogP) is 2.82. The molecule has 3 fully saturated rings. The quantitative estimate of drug-likeness (QED) is 0.852. The lowest BCUT2D eigenvalue weighted by atomic mass is 9.73. The smallest absolute Gasteiger partial charge is 0.157 e. The minimum Gasteiger partial charge on any atom is -0.393 e. The topological polar surface area (TPSA) is 38.7 Å². The van der Waals surface area contributed by atoms with Crippen LogP contribution in [0.3, 0.4) is 0 Å². The highest BCUT2D eigenvalue weighted by molar-refractivity contribution is 4.99. The zero-order valence-electron chi connectivity index (χ0n) is 12.3. The van der Waals surface area contributed by atoms with Gasteiger partial charge in [0.15, 0.2) is 6.29 Å². The number of hydrogen-bond acceptors (Lipinski definition) is 3. The third-order valence-electron chi connectivity index (χ3n) is 6.04. The summed E-state index contributed by atoms with van der Waals surface area (Å²) in [6, 6.07) is 0. The van der Waals surface area contributed by atoms with Gasteiger partial charge in [-0.1, -0.05) is 13.8 Å². The maximum absolute atomic E-state index is 10.5. The second-order valence-corrected chi connectivity index (χ2v) is 6.95. The molecule has 0 radical (unpaired) electrons. The first-order chi connectivity index (χ1) is 9.16. The number of ether oxygens (including phenoxy) is 2. The van der Waals surface area contributed by atoms with Gasteiger partial charge in [-0.15, -0.1) is 0 Å². The molecular formula is C16H28O3. The van der Waals surface area contributed by atoms with Crippen LogP contribution in [0.5, 0.6) is 0 Å². The fourth-order valence-electron chi connectivity index (χ4n) is 4.66. The number of aliphatic hydroxyl groups is 1. The minimum absolute atomic E-state index is 0.0710. The van der Waals surface area contributed by atoms with Gasteiger partial charge in [-0.25, -0.2) is 0 Å². The van der Waals surface area contributed by atoms with E-state index >= 15 is 0 Å². The van der Waals surface area contributed by atoms with Gasteiger partial charge in [-0.2, -0.15) is 0 Å². The van der Waals surface area contributed by atoms with Gasteiger partial charge in [-0.3, -0.25) is 0 Å². The van der Waals surface area contributed by atoms with E-state index in [4.69, 9.17) is 9.47 Å². The maximum Gasteiger partial charge on any atom is 0.157 e. The highest BCUT2D eigenvalue weighted by Gasteiger charge is 2.50. The van der Waals surface area contributed by atoms with E-state index in [-0.39, 0.29) is 12.4 Å².